The Bertz CT molecular complexity index is 509. The summed E-state index contributed by atoms with van der Waals surface area (Å²) in [6.07, 6.45) is 4.68. The monoisotopic (exact) mass is 293 g/mol. The van der Waals surface area contributed by atoms with Crippen molar-refractivity contribution in [3.05, 3.63) is 34.9 Å². The SMILES string of the molecule is O=C(NCC1(CCl)CCCC1)c1ccc2c(c1)COC2. The lowest BCUT2D eigenvalue weighted by molar-refractivity contribution is 0.0935. The van der Waals surface area contributed by atoms with E-state index in [2.05, 4.69) is 5.32 Å². The number of carbonyl (C=O) groups excluding carboxylic acids is 1. The van der Waals surface area contributed by atoms with Crippen LogP contribution in [0.1, 0.15) is 47.2 Å². The maximum Gasteiger partial charge on any atom is 0.251 e. The van der Waals surface area contributed by atoms with Crippen molar-refractivity contribution in [2.75, 3.05) is 12.4 Å². The second-order valence-corrected chi connectivity index (χ2v) is 6.27. The number of amides is 1. The highest BCUT2D eigenvalue weighted by atomic mass is 35.5. The Balaban J connectivity index is 1.64. The number of alkyl halides is 1. The van der Waals surface area contributed by atoms with Gasteiger partial charge in [-0.05, 0) is 36.1 Å². The van der Waals surface area contributed by atoms with Gasteiger partial charge in [-0.25, -0.2) is 0 Å². The highest BCUT2D eigenvalue weighted by molar-refractivity contribution is 6.18. The van der Waals surface area contributed by atoms with Gasteiger partial charge in [-0.15, -0.1) is 11.6 Å². The van der Waals surface area contributed by atoms with E-state index in [0.717, 1.165) is 24.0 Å². The number of rotatable bonds is 4. The third kappa shape index (κ3) is 2.70. The average Bonchev–Trinajstić information content (AvgIpc) is 3.13. The Morgan fingerprint density at radius 2 is 2.00 bits per heavy atom. The molecule has 1 aliphatic heterocycles. The molecule has 3 nitrogen and oxygen atoms in total. The minimum Gasteiger partial charge on any atom is -0.372 e. The summed E-state index contributed by atoms with van der Waals surface area (Å²) in [5, 5.41) is 3.06. The molecule has 20 heavy (non-hydrogen) atoms. The largest absolute Gasteiger partial charge is 0.372 e. The molecule has 1 N–H and O–H groups in total. The highest BCUT2D eigenvalue weighted by Crippen LogP contribution is 2.38. The second kappa shape index (κ2) is 5.74. The summed E-state index contributed by atoms with van der Waals surface area (Å²) in [5.41, 5.74) is 3.15. The molecule has 1 saturated carbocycles. The fourth-order valence-corrected chi connectivity index (χ4v) is 3.53. The van der Waals surface area contributed by atoms with Crippen LogP contribution in [-0.2, 0) is 18.0 Å². The number of carbonyl (C=O) groups is 1. The van der Waals surface area contributed by atoms with E-state index in [1.807, 2.05) is 18.2 Å². The number of ether oxygens (including phenoxy) is 1. The van der Waals surface area contributed by atoms with Crippen LogP contribution < -0.4 is 5.32 Å². The molecule has 0 unspecified atom stereocenters. The van der Waals surface area contributed by atoms with Gasteiger partial charge in [0.15, 0.2) is 0 Å². The molecule has 0 atom stereocenters. The first-order valence-corrected chi connectivity index (χ1v) is 7.80. The summed E-state index contributed by atoms with van der Waals surface area (Å²) < 4.78 is 5.38. The van der Waals surface area contributed by atoms with E-state index < -0.39 is 0 Å². The average molecular weight is 294 g/mol. The van der Waals surface area contributed by atoms with Crippen LogP contribution in [0.25, 0.3) is 0 Å². The van der Waals surface area contributed by atoms with Crippen LogP contribution in [0, 0.1) is 5.41 Å². The highest BCUT2D eigenvalue weighted by Gasteiger charge is 2.33. The zero-order valence-corrected chi connectivity index (χ0v) is 12.3. The van der Waals surface area contributed by atoms with Gasteiger partial charge in [-0.3, -0.25) is 4.79 Å². The van der Waals surface area contributed by atoms with Crippen molar-refractivity contribution >= 4 is 17.5 Å². The Morgan fingerprint density at radius 1 is 1.25 bits per heavy atom. The molecular weight excluding hydrogens is 274 g/mol. The predicted molar refractivity (Wildman–Crippen MR) is 78.9 cm³/mol. The zero-order chi connectivity index (χ0) is 14.0. The van der Waals surface area contributed by atoms with E-state index in [1.54, 1.807) is 0 Å². The van der Waals surface area contributed by atoms with Crippen molar-refractivity contribution in [3.8, 4) is 0 Å². The summed E-state index contributed by atoms with van der Waals surface area (Å²) in [6.45, 7) is 1.96. The van der Waals surface area contributed by atoms with Gasteiger partial charge in [0.05, 0.1) is 13.2 Å². The van der Waals surface area contributed by atoms with Gasteiger partial charge in [0, 0.05) is 23.4 Å². The molecule has 0 aromatic heterocycles. The van der Waals surface area contributed by atoms with Crippen LogP contribution in [0.2, 0.25) is 0 Å². The summed E-state index contributed by atoms with van der Waals surface area (Å²) in [7, 11) is 0. The predicted octanol–water partition coefficient (Wildman–Crippen LogP) is 3.25. The van der Waals surface area contributed by atoms with E-state index in [4.69, 9.17) is 16.3 Å². The van der Waals surface area contributed by atoms with Gasteiger partial charge in [0.2, 0.25) is 0 Å². The maximum atomic E-state index is 12.3. The quantitative estimate of drug-likeness (QED) is 0.866. The van der Waals surface area contributed by atoms with Crippen LogP contribution in [-0.4, -0.2) is 18.3 Å². The number of benzene rings is 1. The Kier molecular flexibility index (Phi) is 3.99. The molecule has 0 radical (unpaired) electrons. The van der Waals surface area contributed by atoms with Gasteiger partial charge in [-0.1, -0.05) is 18.9 Å². The number of fused-ring (bicyclic) bond motifs is 1. The lowest BCUT2D eigenvalue weighted by atomic mass is 9.88. The van der Waals surface area contributed by atoms with E-state index >= 15 is 0 Å². The smallest absolute Gasteiger partial charge is 0.251 e. The minimum absolute atomic E-state index is 0.00362. The van der Waals surface area contributed by atoms with Crippen LogP contribution in [0.15, 0.2) is 18.2 Å². The summed E-state index contributed by atoms with van der Waals surface area (Å²) >= 11 is 6.10. The molecule has 2 aliphatic rings. The van der Waals surface area contributed by atoms with E-state index in [9.17, 15) is 4.79 Å². The van der Waals surface area contributed by atoms with E-state index in [-0.39, 0.29) is 11.3 Å². The topological polar surface area (TPSA) is 38.3 Å². The molecule has 1 aliphatic carbocycles. The van der Waals surface area contributed by atoms with Crippen molar-refractivity contribution < 1.29 is 9.53 Å². The molecular formula is C16H20ClNO2. The lowest BCUT2D eigenvalue weighted by Gasteiger charge is -2.26. The Labute approximate surface area is 124 Å². The number of hydrogen-bond donors (Lipinski definition) is 1. The number of hydrogen-bond acceptors (Lipinski definition) is 2. The molecule has 1 heterocycles. The Hall–Kier alpha value is -1.06. The first kappa shape index (κ1) is 13.9. The number of nitrogens with one attached hydrogen (secondary N) is 1. The summed E-state index contributed by atoms with van der Waals surface area (Å²) in [4.78, 5) is 12.3. The first-order chi connectivity index (χ1) is 9.72. The number of halogens is 1. The molecule has 0 saturated heterocycles. The molecule has 1 amide bonds. The van der Waals surface area contributed by atoms with Crippen molar-refractivity contribution in [1.82, 2.24) is 5.32 Å². The lowest BCUT2D eigenvalue weighted by Crippen LogP contribution is -2.37. The Morgan fingerprint density at radius 3 is 2.75 bits per heavy atom. The van der Waals surface area contributed by atoms with E-state index in [0.29, 0.717) is 25.6 Å². The summed E-state index contributed by atoms with van der Waals surface area (Å²) in [5.74, 6) is 0.627. The van der Waals surface area contributed by atoms with Crippen molar-refractivity contribution in [2.24, 2.45) is 5.41 Å². The molecule has 1 aromatic rings. The molecule has 3 rings (SSSR count). The standard InChI is InChI=1S/C16H20ClNO2/c17-10-16(5-1-2-6-16)11-18-15(19)12-3-4-13-8-20-9-14(13)7-12/h3-4,7H,1-2,5-6,8-11H2,(H,18,19). The van der Waals surface area contributed by atoms with Crippen LogP contribution >= 0.6 is 11.6 Å². The van der Waals surface area contributed by atoms with Gasteiger partial charge in [-0.2, -0.15) is 0 Å². The van der Waals surface area contributed by atoms with E-state index in [1.165, 1.54) is 18.4 Å². The molecule has 0 bridgehead atoms. The maximum absolute atomic E-state index is 12.3. The summed E-state index contributed by atoms with van der Waals surface area (Å²) in [6, 6.07) is 5.81. The van der Waals surface area contributed by atoms with Crippen molar-refractivity contribution in [1.29, 1.82) is 0 Å². The fraction of sp³-hybridized carbons (Fsp3) is 0.562. The molecule has 4 heteroatoms. The van der Waals surface area contributed by atoms with Gasteiger partial charge in [0.25, 0.3) is 5.91 Å². The normalized spacial score (nSPS) is 19.9. The second-order valence-electron chi connectivity index (χ2n) is 6.00. The minimum atomic E-state index is -0.00362. The molecule has 1 aromatic carbocycles. The van der Waals surface area contributed by atoms with Crippen LogP contribution in [0.4, 0.5) is 0 Å². The van der Waals surface area contributed by atoms with Gasteiger partial charge >= 0.3 is 0 Å². The van der Waals surface area contributed by atoms with Crippen molar-refractivity contribution in [2.45, 2.75) is 38.9 Å². The third-order valence-electron chi connectivity index (χ3n) is 4.56. The molecule has 108 valence electrons. The first-order valence-electron chi connectivity index (χ1n) is 7.26. The van der Waals surface area contributed by atoms with Crippen LogP contribution in [0.5, 0.6) is 0 Å². The van der Waals surface area contributed by atoms with Gasteiger partial charge < -0.3 is 10.1 Å². The van der Waals surface area contributed by atoms with Crippen LogP contribution in [0.3, 0.4) is 0 Å². The van der Waals surface area contributed by atoms with Crippen molar-refractivity contribution in [3.63, 3.8) is 0 Å². The molecule has 0 spiro atoms. The zero-order valence-electron chi connectivity index (χ0n) is 11.6. The fourth-order valence-electron chi connectivity index (χ4n) is 3.17. The van der Waals surface area contributed by atoms with Gasteiger partial charge in [0.1, 0.15) is 0 Å². The molecule has 1 fully saturated rings. The third-order valence-corrected chi connectivity index (χ3v) is 5.12.